The number of rotatable bonds is 5. The molecule has 0 radical (unpaired) electrons. The molecule has 0 saturated heterocycles. The molecule has 5 heteroatoms. The first kappa shape index (κ1) is 14.5. The van der Waals surface area contributed by atoms with Gasteiger partial charge in [-0.05, 0) is 32.4 Å². The van der Waals surface area contributed by atoms with Gasteiger partial charge in [-0.25, -0.2) is 9.97 Å². The predicted molar refractivity (Wildman–Crippen MR) is 78.7 cm³/mol. The van der Waals surface area contributed by atoms with Gasteiger partial charge in [-0.15, -0.1) is 0 Å². The first-order valence-electron chi connectivity index (χ1n) is 6.71. The third kappa shape index (κ3) is 4.06. The van der Waals surface area contributed by atoms with Crippen molar-refractivity contribution in [2.45, 2.75) is 39.4 Å². The van der Waals surface area contributed by atoms with E-state index >= 15 is 0 Å². The zero-order valence-electron chi connectivity index (χ0n) is 12.6. The molecule has 0 aromatic carbocycles. The molecule has 0 unspecified atom stereocenters. The van der Waals surface area contributed by atoms with Crippen LogP contribution in [0.1, 0.15) is 32.0 Å². The van der Waals surface area contributed by atoms with Gasteiger partial charge >= 0.3 is 0 Å². The van der Waals surface area contributed by atoms with Gasteiger partial charge in [0.25, 0.3) is 0 Å². The van der Waals surface area contributed by atoms with Crippen LogP contribution in [-0.2, 0) is 13.1 Å². The van der Waals surface area contributed by atoms with Crippen LogP contribution in [-0.4, -0.2) is 27.2 Å². The zero-order chi connectivity index (χ0) is 14.6. The Bertz CT molecular complexity index is 557. The highest BCUT2D eigenvalue weighted by Gasteiger charge is 2.11. The second kappa shape index (κ2) is 6.05. The molecule has 0 spiro atoms. The number of nitrogens with one attached hydrogen (secondary N) is 1. The van der Waals surface area contributed by atoms with Crippen molar-refractivity contribution in [1.29, 1.82) is 0 Å². The first-order chi connectivity index (χ1) is 9.48. The Morgan fingerprint density at radius 2 is 2.15 bits per heavy atom. The standard InChI is InChI=1S/C15H22N4O/c1-15(2,3)18-9-13-8-16-11-19(13)10-12-5-6-17-14(7-12)20-4/h5-8,11,18H,9-10H2,1-4H3. The Morgan fingerprint density at radius 3 is 2.85 bits per heavy atom. The fourth-order valence-electron chi connectivity index (χ4n) is 1.85. The summed E-state index contributed by atoms with van der Waals surface area (Å²) in [5.41, 5.74) is 2.40. The molecule has 108 valence electrons. The minimum Gasteiger partial charge on any atom is -0.481 e. The van der Waals surface area contributed by atoms with E-state index in [0.717, 1.165) is 24.3 Å². The van der Waals surface area contributed by atoms with Crippen molar-refractivity contribution in [3.05, 3.63) is 42.1 Å². The minimum atomic E-state index is 0.0922. The molecular weight excluding hydrogens is 252 g/mol. The van der Waals surface area contributed by atoms with Crippen LogP contribution in [0.5, 0.6) is 5.88 Å². The van der Waals surface area contributed by atoms with Crippen LogP contribution in [0.3, 0.4) is 0 Å². The lowest BCUT2D eigenvalue weighted by molar-refractivity contribution is 0.397. The monoisotopic (exact) mass is 274 g/mol. The van der Waals surface area contributed by atoms with Crippen LogP contribution in [0.4, 0.5) is 0 Å². The van der Waals surface area contributed by atoms with Crippen molar-refractivity contribution in [3.8, 4) is 5.88 Å². The molecule has 1 N–H and O–H groups in total. The lowest BCUT2D eigenvalue weighted by Crippen LogP contribution is -2.35. The summed E-state index contributed by atoms with van der Waals surface area (Å²) in [7, 11) is 1.63. The van der Waals surface area contributed by atoms with Crippen molar-refractivity contribution in [2.75, 3.05) is 7.11 Å². The lowest BCUT2D eigenvalue weighted by Gasteiger charge is -2.21. The molecule has 0 fully saturated rings. The maximum absolute atomic E-state index is 5.15. The second-order valence-corrected chi connectivity index (χ2v) is 5.82. The average molecular weight is 274 g/mol. The highest BCUT2D eigenvalue weighted by Crippen LogP contribution is 2.12. The SMILES string of the molecule is COc1cc(Cn2cncc2CNC(C)(C)C)ccn1. The topological polar surface area (TPSA) is 52.0 Å². The molecule has 20 heavy (non-hydrogen) atoms. The van der Waals surface area contributed by atoms with E-state index in [2.05, 4.69) is 40.6 Å². The summed E-state index contributed by atoms with van der Waals surface area (Å²) >= 11 is 0. The Morgan fingerprint density at radius 1 is 1.35 bits per heavy atom. The van der Waals surface area contributed by atoms with Gasteiger partial charge in [0.2, 0.25) is 5.88 Å². The minimum absolute atomic E-state index is 0.0922. The lowest BCUT2D eigenvalue weighted by atomic mass is 10.1. The first-order valence-corrected chi connectivity index (χ1v) is 6.71. The van der Waals surface area contributed by atoms with Crippen LogP contribution in [0.15, 0.2) is 30.9 Å². The zero-order valence-corrected chi connectivity index (χ0v) is 12.6. The van der Waals surface area contributed by atoms with E-state index in [1.54, 1.807) is 13.3 Å². The molecule has 0 amide bonds. The van der Waals surface area contributed by atoms with Crippen LogP contribution in [0.25, 0.3) is 0 Å². The molecular formula is C15H22N4O. The Balaban J connectivity index is 2.08. The van der Waals surface area contributed by atoms with Crippen LogP contribution in [0.2, 0.25) is 0 Å². The number of methoxy groups -OCH3 is 1. The summed E-state index contributed by atoms with van der Waals surface area (Å²) in [6, 6.07) is 3.93. The number of hydrogen-bond acceptors (Lipinski definition) is 4. The Kier molecular flexibility index (Phi) is 4.39. The summed E-state index contributed by atoms with van der Waals surface area (Å²) in [5, 5.41) is 3.48. The fraction of sp³-hybridized carbons (Fsp3) is 0.467. The maximum Gasteiger partial charge on any atom is 0.213 e. The highest BCUT2D eigenvalue weighted by molar-refractivity contribution is 5.21. The van der Waals surface area contributed by atoms with Crippen molar-refractivity contribution >= 4 is 0 Å². The number of nitrogens with zero attached hydrogens (tertiary/aromatic N) is 3. The summed E-state index contributed by atoms with van der Waals surface area (Å²) < 4.78 is 7.28. The van der Waals surface area contributed by atoms with Gasteiger partial charge in [0, 0.05) is 37.1 Å². The smallest absolute Gasteiger partial charge is 0.213 e. The maximum atomic E-state index is 5.15. The van der Waals surface area contributed by atoms with Gasteiger partial charge in [0.1, 0.15) is 0 Å². The van der Waals surface area contributed by atoms with Crippen LogP contribution in [0, 0.1) is 0 Å². The van der Waals surface area contributed by atoms with E-state index in [1.165, 1.54) is 0 Å². The van der Waals surface area contributed by atoms with Crippen LogP contribution >= 0.6 is 0 Å². The van der Waals surface area contributed by atoms with Crippen molar-refractivity contribution in [1.82, 2.24) is 19.9 Å². The number of hydrogen-bond donors (Lipinski definition) is 1. The quantitative estimate of drug-likeness (QED) is 0.908. The highest BCUT2D eigenvalue weighted by atomic mass is 16.5. The van der Waals surface area contributed by atoms with E-state index in [4.69, 9.17) is 4.74 Å². The molecule has 5 nitrogen and oxygen atoms in total. The Labute approximate surface area is 120 Å². The van der Waals surface area contributed by atoms with Gasteiger partial charge in [0.15, 0.2) is 0 Å². The van der Waals surface area contributed by atoms with Gasteiger partial charge in [-0.3, -0.25) is 0 Å². The molecule has 2 aromatic heterocycles. The summed E-state index contributed by atoms with van der Waals surface area (Å²) in [5.74, 6) is 0.636. The molecule has 0 aliphatic carbocycles. The van der Waals surface area contributed by atoms with E-state index in [0.29, 0.717) is 5.88 Å². The van der Waals surface area contributed by atoms with Crippen molar-refractivity contribution in [3.63, 3.8) is 0 Å². The van der Waals surface area contributed by atoms with E-state index in [1.807, 2.05) is 24.7 Å². The molecule has 2 rings (SSSR count). The molecule has 2 aromatic rings. The Hall–Kier alpha value is -1.88. The largest absolute Gasteiger partial charge is 0.481 e. The van der Waals surface area contributed by atoms with Gasteiger partial charge in [0.05, 0.1) is 19.1 Å². The summed E-state index contributed by atoms with van der Waals surface area (Å²) in [6.07, 6.45) is 5.52. The number of imidazole rings is 1. The second-order valence-electron chi connectivity index (χ2n) is 5.82. The van der Waals surface area contributed by atoms with E-state index in [-0.39, 0.29) is 5.54 Å². The molecule has 0 aliphatic rings. The number of aromatic nitrogens is 3. The number of ether oxygens (including phenoxy) is 1. The van der Waals surface area contributed by atoms with Crippen molar-refractivity contribution in [2.24, 2.45) is 0 Å². The fourth-order valence-corrected chi connectivity index (χ4v) is 1.85. The molecule has 0 saturated carbocycles. The van der Waals surface area contributed by atoms with Crippen LogP contribution < -0.4 is 10.1 Å². The third-order valence-corrected chi connectivity index (χ3v) is 2.96. The van der Waals surface area contributed by atoms with Gasteiger partial charge < -0.3 is 14.6 Å². The molecule has 0 atom stereocenters. The third-order valence-electron chi connectivity index (χ3n) is 2.96. The molecule has 0 aliphatic heterocycles. The van der Waals surface area contributed by atoms with Gasteiger partial charge in [-0.2, -0.15) is 0 Å². The predicted octanol–water partition coefficient (Wildman–Crippen LogP) is 2.22. The number of pyridine rings is 1. The average Bonchev–Trinajstić information content (AvgIpc) is 2.83. The molecule has 2 heterocycles. The normalized spacial score (nSPS) is 11.6. The van der Waals surface area contributed by atoms with Gasteiger partial charge in [-0.1, -0.05) is 0 Å². The summed E-state index contributed by atoms with van der Waals surface area (Å²) in [6.45, 7) is 8.02. The molecule has 0 bridgehead atoms. The summed E-state index contributed by atoms with van der Waals surface area (Å²) in [4.78, 5) is 8.36. The van der Waals surface area contributed by atoms with E-state index < -0.39 is 0 Å². The van der Waals surface area contributed by atoms with Crippen molar-refractivity contribution < 1.29 is 4.74 Å². The van der Waals surface area contributed by atoms with E-state index in [9.17, 15) is 0 Å².